The van der Waals surface area contributed by atoms with Crippen molar-refractivity contribution in [3.63, 3.8) is 0 Å². The first-order valence-electron chi connectivity index (χ1n) is 7.52. The lowest BCUT2D eigenvalue weighted by Gasteiger charge is -2.21. The molecule has 1 N–H and O–H groups in total. The third-order valence-electron chi connectivity index (χ3n) is 3.06. The summed E-state index contributed by atoms with van der Waals surface area (Å²) >= 11 is 0. The van der Waals surface area contributed by atoms with Crippen LogP contribution < -0.4 is 0 Å². The van der Waals surface area contributed by atoms with Crippen LogP contribution in [0.5, 0.6) is 0 Å². The van der Waals surface area contributed by atoms with Gasteiger partial charge >= 0.3 is 0 Å². The van der Waals surface area contributed by atoms with Crippen LogP contribution in [0.25, 0.3) is 0 Å². The Morgan fingerprint density at radius 2 is 1.77 bits per heavy atom. The molecule has 22 heavy (non-hydrogen) atoms. The van der Waals surface area contributed by atoms with E-state index in [0.717, 1.165) is 12.0 Å². The van der Waals surface area contributed by atoms with E-state index in [9.17, 15) is 18.7 Å². The largest absolute Gasteiger partial charge is 0.390 e. The van der Waals surface area contributed by atoms with E-state index in [2.05, 4.69) is 0 Å². The van der Waals surface area contributed by atoms with Gasteiger partial charge in [-0.25, -0.2) is 4.39 Å². The maximum atomic E-state index is 12.3. The zero-order valence-electron chi connectivity index (χ0n) is 14.0. The van der Waals surface area contributed by atoms with Gasteiger partial charge in [0.15, 0.2) is 0 Å². The zero-order chi connectivity index (χ0) is 17.4. The third kappa shape index (κ3) is 10.3. The van der Waals surface area contributed by atoms with Crippen molar-refractivity contribution >= 4 is 6.41 Å². The third-order valence-corrected chi connectivity index (χ3v) is 3.06. The van der Waals surface area contributed by atoms with Crippen LogP contribution in [0.4, 0.5) is 8.78 Å². The second-order valence-electron chi connectivity index (χ2n) is 4.55. The zero-order valence-corrected chi connectivity index (χ0v) is 14.0. The van der Waals surface area contributed by atoms with E-state index >= 15 is 0 Å². The first kappa shape index (κ1) is 22.8. The fraction of sp³-hybridized carbons (Fsp3) is 0.588. The van der Waals surface area contributed by atoms with Crippen LogP contribution in [0.15, 0.2) is 30.3 Å². The van der Waals surface area contributed by atoms with E-state index in [1.54, 1.807) is 11.8 Å². The highest BCUT2D eigenvalue weighted by Crippen LogP contribution is 2.11. The molecule has 0 saturated heterocycles. The minimum Gasteiger partial charge on any atom is -0.390 e. The Morgan fingerprint density at radius 3 is 2.23 bits per heavy atom. The predicted molar refractivity (Wildman–Crippen MR) is 87.1 cm³/mol. The molecular formula is C17H29F2NO2. The molecule has 1 aromatic rings. The van der Waals surface area contributed by atoms with E-state index in [0.29, 0.717) is 26.7 Å². The fourth-order valence-electron chi connectivity index (χ4n) is 1.70. The monoisotopic (exact) mass is 317 g/mol. The summed E-state index contributed by atoms with van der Waals surface area (Å²) in [5.41, 5.74) is 1.06. The molecule has 0 aliphatic rings. The van der Waals surface area contributed by atoms with Crippen LogP contribution in [0.3, 0.4) is 0 Å². The number of aliphatic hydroxyl groups is 1. The fourth-order valence-corrected chi connectivity index (χ4v) is 1.70. The van der Waals surface area contributed by atoms with Crippen molar-refractivity contribution < 1.29 is 18.7 Å². The topological polar surface area (TPSA) is 40.5 Å². The van der Waals surface area contributed by atoms with Gasteiger partial charge in [0.05, 0.1) is 13.3 Å². The van der Waals surface area contributed by atoms with E-state index in [-0.39, 0.29) is 5.92 Å². The van der Waals surface area contributed by atoms with Gasteiger partial charge in [-0.1, -0.05) is 51.1 Å². The molecule has 1 rings (SSSR count). The summed E-state index contributed by atoms with van der Waals surface area (Å²) in [4.78, 5) is 12.6. The maximum absolute atomic E-state index is 12.3. The average molecular weight is 317 g/mol. The number of hydrogen-bond acceptors (Lipinski definition) is 2. The van der Waals surface area contributed by atoms with Gasteiger partial charge in [-0.3, -0.25) is 9.18 Å². The summed E-state index contributed by atoms with van der Waals surface area (Å²) in [5.74, 6) is -0.145. The van der Waals surface area contributed by atoms with Crippen LogP contribution in [0.1, 0.15) is 32.8 Å². The summed E-state index contributed by atoms with van der Waals surface area (Å²) in [5, 5.41) is 9.32. The Bertz CT molecular complexity index is 350. The molecule has 0 fully saturated rings. The number of hydrogen-bond donors (Lipinski definition) is 1. The molecule has 0 bridgehead atoms. The molecule has 0 aliphatic carbocycles. The molecule has 0 saturated carbocycles. The number of nitrogens with zero attached hydrogens (tertiary/aromatic N) is 1. The molecule has 0 aliphatic heterocycles. The van der Waals surface area contributed by atoms with Gasteiger partial charge in [-0.15, -0.1) is 0 Å². The van der Waals surface area contributed by atoms with Gasteiger partial charge in [0.25, 0.3) is 0 Å². The van der Waals surface area contributed by atoms with Gasteiger partial charge in [-0.05, 0) is 17.9 Å². The Labute approximate surface area is 133 Å². The number of rotatable bonds is 8. The number of halogens is 2. The van der Waals surface area contributed by atoms with Gasteiger partial charge in [0, 0.05) is 13.1 Å². The van der Waals surface area contributed by atoms with Crippen molar-refractivity contribution in [2.24, 2.45) is 5.92 Å². The molecule has 2 atom stereocenters. The molecule has 0 aromatic heterocycles. The van der Waals surface area contributed by atoms with Crippen molar-refractivity contribution in [2.75, 3.05) is 20.4 Å². The number of alkyl halides is 2. The second kappa shape index (κ2) is 15.9. The average Bonchev–Trinajstić information content (AvgIpc) is 2.61. The van der Waals surface area contributed by atoms with Gasteiger partial charge in [0.2, 0.25) is 6.41 Å². The van der Waals surface area contributed by atoms with E-state index in [1.165, 1.54) is 0 Å². The molecule has 0 spiro atoms. The minimum atomic E-state index is -0.935. The Morgan fingerprint density at radius 1 is 1.23 bits per heavy atom. The highest BCUT2D eigenvalue weighted by molar-refractivity contribution is 5.47. The molecule has 1 amide bonds. The van der Waals surface area contributed by atoms with Gasteiger partial charge in [-0.2, -0.15) is 0 Å². The lowest BCUT2D eigenvalue weighted by molar-refractivity contribution is -0.119. The molecule has 128 valence electrons. The van der Waals surface area contributed by atoms with E-state index < -0.39 is 12.8 Å². The molecule has 5 heteroatoms. The first-order valence-corrected chi connectivity index (χ1v) is 7.52. The summed E-state index contributed by atoms with van der Waals surface area (Å²) < 4.78 is 21.8. The lowest BCUT2D eigenvalue weighted by atomic mass is 10.0. The highest BCUT2D eigenvalue weighted by Gasteiger charge is 2.15. The summed E-state index contributed by atoms with van der Waals surface area (Å²) in [6.07, 6.45) is 0.452. The second-order valence-corrected chi connectivity index (χ2v) is 4.55. The summed E-state index contributed by atoms with van der Waals surface area (Å²) in [6.45, 7) is 6.12. The number of aliphatic hydroxyl groups excluding tert-OH is 1. The van der Waals surface area contributed by atoms with Crippen molar-refractivity contribution in [2.45, 2.75) is 39.8 Å². The van der Waals surface area contributed by atoms with Crippen LogP contribution in [0.2, 0.25) is 0 Å². The van der Waals surface area contributed by atoms with E-state index in [4.69, 9.17) is 0 Å². The van der Waals surface area contributed by atoms with Crippen LogP contribution >= 0.6 is 0 Å². The first-order chi connectivity index (χ1) is 10.7. The predicted octanol–water partition coefficient (Wildman–Crippen LogP) is 3.61. The van der Waals surface area contributed by atoms with Gasteiger partial charge in [0.1, 0.15) is 6.67 Å². The van der Waals surface area contributed by atoms with Gasteiger partial charge < -0.3 is 10.0 Å². The number of benzene rings is 1. The van der Waals surface area contributed by atoms with Crippen LogP contribution in [0, 0.1) is 5.92 Å². The van der Waals surface area contributed by atoms with Crippen molar-refractivity contribution in [1.82, 2.24) is 4.90 Å². The molecule has 0 heterocycles. The minimum absolute atomic E-state index is 0.145. The SMILES string of the molecule is CC.CC(CCN(C=O)Cc1ccccc1)C(O)CF.CF. The Balaban J connectivity index is 0. The molecular weight excluding hydrogens is 288 g/mol. The summed E-state index contributed by atoms with van der Waals surface area (Å²) in [7, 11) is 0.500. The summed E-state index contributed by atoms with van der Waals surface area (Å²) in [6, 6.07) is 9.68. The van der Waals surface area contributed by atoms with Crippen molar-refractivity contribution in [3.8, 4) is 0 Å². The number of amides is 1. The molecule has 3 nitrogen and oxygen atoms in total. The normalized spacial score (nSPS) is 12.0. The van der Waals surface area contributed by atoms with E-state index in [1.807, 2.05) is 44.2 Å². The standard InChI is InChI=1S/C14H20FNO2.C2H6.CH3F/c1-12(14(18)9-15)7-8-16(11-17)10-13-5-3-2-4-6-13;2*1-2/h2-6,11-12,14,18H,7-10H2,1H3;1-2H3;1H3. The molecule has 1 aromatic carbocycles. The smallest absolute Gasteiger partial charge is 0.210 e. The molecule has 2 unspecified atom stereocenters. The number of carbonyl (C=O) groups is 1. The Kier molecular flexibility index (Phi) is 16.5. The van der Waals surface area contributed by atoms with Crippen LogP contribution in [-0.4, -0.2) is 42.9 Å². The van der Waals surface area contributed by atoms with Crippen LogP contribution in [-0.2, 0) is 11.3 Å². The maximum Gasteiger partial charge on any atom is 0.210 e. The Hall–Kier alpha value is -1.49. The number of carbonyl (C=O) groups excluding carboxylic acids is 1. The highest BCUT2D eigenvalue weighted by atomic mass is 19.1. The lowest BCUT2D eigenvalue weighted by Crippen LogP contribution is -2.28. The quantitative estimate of drug-likeness (QED) is 0.744. The van der Waals surface area contributed by atoms with Crippen molar-refractivity contribution in [3.05, 3.63) is 35.9 Å². The van der Waals surface area contributed by atoms with Crippen molar-refractivity contribution in [1.29, 1.82) is 0 Å². The molecule has 0 radical (unpaired) electrons.